The summed E-state index contributed by atoms with van der Waals surface area (Å²) in [7, 11) is 0. The SMILES string of the molecule is CC(C)c1ccc(-c2cccc3[cH-]c(CC4CCCCCC4)cc23)cc1.CC(C)c1ccc(-c2cccc3[cH-]c(CC4CCCCCC4)cc23)cc1.C[Si](C)=[Zr+2].[Cl-].[Cl-]. The molecule has 0 spiro atoms. The maximum Gasteiger partial charge on any atom is -1.00 e. The Balaban J connectivity index is 0.000000228. The van der Waals surface area contributed by atoms with Gasteiger partial charge in [0.25, 0.3) is 0 Å². The van der Waals surface area contributed by atoms with Crippen LogP contribution in [0.25, 0.3) is 43.8 Å². The van der Waals surface area contributed by atoms with E-state index in [1.165, 1.54) is 156 Å². The Morgan fingerprint density at radius 3 is 1.16 bits per heavy atom. The van der Waals surface area contributed by atoms with Crippen LogP contribution < -0.4 is 24.8 Å². The first-order chi connectivity index (χ1) is 27.1. The Morgan fingerprint density at radius 2 is 0.845 bits per heavy atom. The molecular weight excluding hydrogens is 839 g/mol. The molecular formula is C54H68Cl2SiZr-2. The van der Waals surface area contributed by atoms with Gasteiger partial charge in [0.05, 0.1) is 0 Å². The monoisotopic (exact) mass is 904 g/mol. The van der Waals surface area contributed by atoms with Crippen LogP contribution in [0.4, 0.5) is 0 Å². The predicted molar refractivity (Wildman–Crippen MR) is 245 cm³/mol. The van der Waals surface area contributed by atoms with Gasteiger partial charge >= 0.3 is 41.9 Å². The molecule has 0 unspecified atom stereocenters. The fourth-order valence-corrected chi connectivity index (χ4v) is 9.23. The Labute approximate surface area is 380 Å². The second kappa shape index (κ2) is 24.3. The fourth-order valence-electron chi connectivity index (χ4n) is 9.23. The van der Waals surface area contributed by atoms with Crippen LogP contribution in [0, 0.1) is 11.8 Å². The number of rotatable bonds is 8. The van der Waals surface area contributed by atoms with Crippen molar-refractivity contribution in [2.45, 2.75) is 143 Å². The van der Waals surface area contributed by atoms with E-state index < -0.39 is 0 Å². The average Bonchev–Trinajstić information content (AvgIpc) is 3.57. The van der Waals surface area contributed by atoms with Crippen LogP contribution in [0.1, 0.15) is 139 Å². The first-order valence-electron chi connectivity index (χ1n) is 22.2. The minimum atomic E-state index is 0. The van der Waals surface area contributed by atoms with E-state index in [1.807, 2.05) is 0 Å². The molecule has 4 heteroatoms. The second-order valence-corrected chi connectivity index (χ2v) is 27.4. The molecule has 0 aliphatic heterocycles. The van der Waals surface area contributed by atoms with E-state index in [-0.39, 0.29) is 30.2 Å². The van der Waals surface area contributed by atoms with E-state index in [2.05, 4.69) is 150 Å². The number of benzene rings is 4. The molecule has 0 nitrogen and oxygen atoms in total. The molecule has 0 aromatic heterocycles. The molecule has 6 aromatic carbocycles. The third kappa shape index (κ3) is 13.9. The molecule has 0 heterocycles. The van der Waals surface area contributed by atoms with Gasteiger partial charge < -0.3 is 24.8 Å². The topological polar surface area (TPSA) is 0 Å². The van der Waals surface area contributed by atoms with Gasteiger partial charge in [-0.25, -0.2) is 0 Å². The van der Waals surface area contributed by atoms with E-state index in [4.69, 9.17) is 0 Å². The van der Waals surface area contributed by atoms with E-state index in [0.717, 1.165) is 11.8 Å². The summed E-state index contributed by atoms with van der Waals surface area (Å²) < 4.78 is 0. The minimum Gasteiger partial charge on any atom is -1.00 e. The average molecular weight is 907 g/mol. The van der Waals surface area contributed by atoms with Crippen LogP contribution in [0.5, 0.6) is 0 Å². The van der Waals surface area contributed by atoms with Gasteiger partial charge in [-0.05, 0) is 58.8 Å². The van der Waals surface area contributed by atoms with Gasteiger partial charge in [0.1, 0.15) is 0 Å². The van der Waals surface area contributed by atoms with Crippen LogP contribution in [0.15, 0.2) is 109 Å². The molecule has 0 radical (unpaired) electrons. The van der Waals surface area contributed by atoms with E-state index in [9.17, 15) is 0 Å². The number of halogens is 2. The zero-order valence-corrected chi connectivity index (χ0v) is 41.3. The largest absolute Gasteiger partial charge is 1.00 e. The van der Waals surface area contributed by atoms with Crippen molar-refractivity contribution >= 4 is 27.0 Å². The standard InChI is InChI=1S/2C26H31.C2H6Si.2ClH.Zr/c2*1-19(2)22-12-14-23(15-13-22)25-11-7-10-24-17-21(18-26(24)25)16-20-8-5-3-4-6-9-20;1-3-2;;;/h2*7,10-15,17-20H,3-6,8-9,16H2,1-2H3;1-2H3;2*1H;/q2*-1;;;;+2/p-2. The van der Waals surface area contributed by atoms with Gasteiger partial charge in [-0.3, -0.25) is 0 Å². The van der Waals surface area contributed by atoms with Gasteiger partial charge in [0.2, 0.25) is 0 Å². The van der Waals surface area contributed by atoms with Crippen LogP contribution in [0.3, 0.4) is 0 Å². The zero-order chi connectivity index (χ0) is 39.4. The zero-order valence-electron chi connectivity index (χ0n) is 36.4. The normalized spacial score (nSPS) is 15.1. The summed E-state index contributed by atoms with van der Waals surface area (Å²) in [5.41, 5.74) is 11.6. The first-order valence-corrected chi connectivity index (χ1v) is 28.4. The van der Waals surface area contributed by atoms with Crippen molar-refractivity contribution in [2.24, 2.45) is 11.8 Å². The van der Waals surface area contributed by atoms with Crippen molar-refractivity contribution < 1.29 is 48.1 Å². The van der Waals surface area contributed by atoms with E-state index in [0.29, 0.717) is 11.8 Å². The molecule has 2 fully saturated rings. The quantitative estimate of drug-likeness (QED) is 0.0811. The molecule has 0 bridgehead atoms. The Hall–Kier alpha value is -2.22. The third-order valence-corrected chi connectivity index (χ3v) is 12.4. The maximum absolute atomic E-state index is 2.46. The second-order valence-electron chi connectivity index (χ2n) is 18.0. The van der Waals surface area contributed by atoms with Crippen molar-refractivity contribution in [3.63, 3.8) is 0 Å². The summed E-state index contributed by atoms with van der Waals surface area (Å²) in [6.45, 7) is 13.6. The van der Waals surface area contributed by atoms with E-state index >= 15 is 0 Å². The first kappa shape index (κ1) is 48.4. The van der Waals surface area contributed by atoms with Crippen LogP contribution in [0.2, 0.25) is 13.1 Å². The fraction of sp³-hybridized carbons (Fsp3) is 0.444. The van der Waals surface area contributed by atoms with Gasteiger partial charge in [-0.2, -0.15) is 12.1 Å². The number of fused-ring (bicyclic) bond motifs is 2. The van der Waals surface area contributed by atoms with Crippen LogP contribution in [-0.2, 0) is 36.2 Å². The number of hydrogen-bond donors (Lipinski definition) is 0. The summed E-state index contributed by atoms with van der Waals surface area (Å²) in [4.78, 5) is 0. The van der Waals surface area contributed by atoms with Crippen molar-refractivity contribution in [2.75, 3.05) is 0 Å². The molecule has 58 heavy (non-hydrogen) atoms. The van der Waals surface area contributed by atoms with Crippen molar-refractivity contribution in [1.29, 1.82) is 0 Å². The van der Waals surface area contributed by atoms with Gasteiger partial charge in [-0.15, -0.1) is 69.1 Å². The van der Waals surface area contributed by atoms with Crippen LogP contribution in [-0.4, -0.2) is 5.43 Å². The summed E-state index contributed by atoms with van der Waals surface area (Å²) in [5, 5.41) is 5.65. The Morgan fingerprint density at radius 1 is 0.517 bits per heavy atom. The van der Waals surface area contributed by atoms with Crippen molar-refractivity contribution in [3.05, 3.63) is 131 Å². The van der Waals surface area contributed by atoms with Gasteiger partial charge in [0, 0.05) is 0 Å². The summed E-state index contributed by atoms with van der Waals surface area (Å²) in [6.07, 6.45) is 19.7. The predicted octanol–water partition coefficient (Wildman–Crippen LogP) is 10.5. The molecule has 2 saturated carbocycles. The Kier molecular flexibility index (Phi) is 20.3. The molecule has 2 aliphatic rings. The molecule has 8 rings (SSSR count). The maximum atomic E-state index is 2.46. The smallest absolute Gasteiger partial charge is 1.00 e. The summed E-state index contributed by atoms with van der Waals surface area (Å²) in [6, 6.07) is 41.7. The molecule has 0 amide bonds. The third-order valence-electron chi connectivity index (χ3n) is 12.4. The number of hydrogen-bond acceptors (Lipinski definition) is 0. The molecule has 308 valence electrons. The molecule has 0 N–H and O–H groups in total. The van der Waals surface area contributed by atoms with Crippen molar-refractivity contribution in [3.8, 4) is 22.3 Å². The summed E-state index contributed by atoms with van der Waals surface area (Å²) >= 11 is 1.74. The van der Waals surface area contributed by atoms with Gasteiger partial charge in [-0.1, -0.05) is 177 Å². The van der Waals surface area contributed by atoms with Crippen LogP contribution >= 0.6 is 0 Å². The van der Waals surface area contributed by atoms with Crippen molar-refractivity contribution in [1.82, 2.24) is 0 Å². The molecule has 6 aromatic rings. The Bertz CT molecular complexity index is 1950. The molecule has 2 aliphatic carbocycles. The summed E-state index contributed by atoms with van der Waals surface area (Å²) in [5.74, 6) is 2.96. The minimum absolute atomic E-state index is 0. The molecule has 0 atom stereocenters. The molecule has 0 saturated heterocycles. The van der Waals surface area contributed by atoms with Gasteiger partial charge in [0.15, 0.2) is 0 Å². The van der Waals surface area contributed by atoms with E-state index in [1.54, 1.807) is 23.3 Å².